The number of thioether (sulfide) groups is 1. The minimum Gasteiger partial charge on any atom is -0.378 e. The van der Waals surface area contributed by atoms with Gasteiger partial charge in [0.1, 0.15) is 0 Å². The van der Waals surface area contributed by atoms with Crippen LogP contribution in [-0.4, -0.2) is 58.6 Å². The van der Waals surface area contributed by atoms with Crippen LogP contribution in [0.1, 0.15) is 22.8 Å². The summed E-state index contributed by atoms with van der Waals surface area (Å²) in [5, 5.41) is 15.1. The van der Waals surface area contributed by atoms with Gasteiger partial charge >= 0.3 is 0 Å². The van der Waals surface area contributed by atoms with E-state index in [0.717, 1.165) is 24.6 Å². The topological polar surface area (TPSA) is 101 Å². The van der Waals surface area contributed by atoms with E-state index in [-0.39, 0.29) is 17.6 Å². The zero-order valence-electron chi connectivity index (χ0n) is 19.1. The monoisotopic (exact) mass is 480 g/mol. The molecule has 2 N–H and O–H groups in total. The van der Waals surface area contributed by atoms with Crippen LogP contribution < -0.4 is 15.5 Å². The van der Waals surface area contributed by atoms with E-state index in [1.807, 2.05) is 41.8 Å². The number of carbonyl (C=O) groups is 2. The number of para-hydroxylation sites is 1. The summed E-state index contributed by atoms with van der Waals surface area (Å²) in [7, 11) is 0. The summed E-state index contributed by atoms with van der Waals surface area (Å²) in [5.41, 5.74) is 1.90. The first-order chi connectivity index (χ1) is 16.7. The van der Waals surface area contributed by atoms with Gasteiger partial charge in [0, 0.05) is 26.2 Å². The molecule has 1 aliphatic heterocycles. The molecule has 1 aromatic heterocycles. The molecule has 1 saturated heterocycles. The van der Waals surface area contributed by atoms with Crippen molar-refractivity contribution in [2.75, 3.05) is 42.3 Å². The summed E-state index contributed by atoms with van der Waals surface area (Å²) in [6.45, 7) is 6.02. The van der Waals surface area contributed by atoms with Gasteiger partial charge in [0.15, 0.2) is 5.16 Å². The van der Waals surface area contributed by atoms with Crippen molar-refractivity contribution < 1.29 is 14.3 Å². The zero-order valence-corrected chi connectivity index (χ0v) is 19.9. The first kappa shape index (κ1) is 23.8. The van der Waals surface area contributed by atoms with Gasteiger partial charge in [-0.05, 0) is 24.6 Å². The largest absolute Gasteiger partial charge is 0.378 e. The lowest BCUT2D eigenvalue weighted by Gasteiger charge is -2.27. The minimum absolute atomic E-state index is 0.154. The van der Waals surface area contributed by atoms with Gasteiger partial charge in [-0.25, -0.2) is 0 Å². The molecule has 2 amide bonds. The molecule has 178 valence electrons. The van der Waals surface area contributed by atoms with Crippen molar-refractivity contribution >= 4 is 35.2 Å². The zero-order chi connectivity index (χ0) is 23.8. The molecular formula is C24H28N6O3S. The van der Waals surface area contributed by atoms with Gasteiger partial charge in [-0.15, -0.1) is 10.2 Å². The van der Waals surface area contributed by atoms with Crippen molar-refractivity contribution in [3.05, 3.63) is 65.7 Å². The highest BCUT2D eigenvalue weighted by Crippen LogP contribution is 2.23. The quantitative estimate of drug-likeness (QED) is 0.454. The summed E-state index contributed by atoms with van der Waals surface area (Å²) in [6, 6.07) is 16.7. The highest BCUT2D eigenvalue weighted by molar-refractivity contribution is 7.99. The van der Waals surface area contributed by atoms with E-state index in [2.05, 4.69) is 25.7 Å². The van der Waals surface area contributed by atoms with Crippen LogP contribution in [0.15, 0.2) is 59.8 Å². The molecule has 34 heavy (non-hydrogen) atoms. The van der Waals surface area contributed by atoms with Crippen LogP contribution in [-0.2, 0) is 22.6 Å². The second kappa shape index (κ2) is 11.7. The van der Waals surface area contributed by atoms with Crippen molar-refractivity contribution in [3.63, 3.8) is 0 Å². The molecule has 4 rings (SSSR count). The fourth-order valence-electron chi connectivity index (χ4n) is 3.64. The number of anilines is 2. The van der Waals surface area contributed by atoms with Crippen LogP contribution in [0.25, 0.3) is 0 Å². The molecule has 0 atom stereocenters. The molecule has 0 radical (unpaired) electrons. The van der Waals surface area contributed by atoms with Crippen LogP contribution in [0.5, 0.6) is 0 Å². The standard InChI is InChI=1S/C24H28N6O3S/c1-2-30-23(29-12-14-33-15-13-29)27-28-24(30)34-17-21(31)26-20-11-7-6-10-19(20)22(32)25-16-18-8-4-3-5-9-18/h3-11H,2,12-17H2,1H3,(H,25,32)(H,26,31). The van der Waals surface area contributed by atoms with Gasteiger partial charge in [-0.3, -0.25) is 14.2 Å². The summed E-state index contributed by atoms with van der Waals surface area (Å²) >= 11 is 1.32. The van der Waals surface area contributed by atoms with E-state index >= 15 is 0 Å². The lowest BCUT2D eigenvalue weighted by Crippen LogP contribution is -2.38. The molecule has 1 aliphatic rings. The number of morpholine rings is 1. The number of benzene rings is 2. The fourth-order valence-corrected chi connectivity index (χ4v) is 4.44. The number of aromatic nitrogens is 3. The summed E-state index contributed by atoms with van der Waals surface area (Å²) in [6.07, 6.45) is 0. The second-order valence-electron chi connectivity index (χ2n) is 7.68. The Balaban J connectivity index is 1.35. The molecule has 1 fully saturated rings. The van der Waals surface area contributed by atoms with Gasteiger partial charge in [0.25, 0.3) is 5.91 Å². The molecule has 9 nitrogen and oxygen atoms in total. The molecule has 2 aromatic carbocycles. The smallest absolute Gasteiger partial charge is 0.253 e. The number of hydrogen-bond donors (Lipinski definition) is 2. The SMILES string of the molecule is CCn1c(SCC(=O)Nc2ccccc2C(=O)NCc2ccccc2)nnc1N1CCOCC1. The summed E-state index contributed by atoms with van der Waals surface area (Å²) in [4.78, 5) is 27.6. The average Bonchev–Trinajstić information content (AvgIpc) is 3.30. The third-order valence-corrected chi connectivity index (χ3v) is 6.35. The van der Waals surface area contributed by atoms with Crippen molar-refractivity contribution in [1.29, 1.82) is 0 Å². The van der Waals surface area contributed by atoms with Crippen LogP contribution >= 0.6 is 11.8 Å². The first-order valence-electron chi connectivity index (χ1n) is 11.3. The lowest BCUT2D eigenvalue weighted by atomic mass is 10.1. The average molecular weight is 481 g/mol. The summed E-state index contributed by atoms with van der Waals surface area (Å²) < 4.78 is 7.42. The van der Waals surface area contributed by atoms with Crippen molar-refractivity contribution in [2.24, 2.45) is 0 Å². The van der Waals surface area contributed by atoms with E-state index in [1.54, 1.807) is 24.3 Å². The predicted molar refractivity (Wildman–Crippen MR) is 132 cm³/mol. The number of ether oxygens (including phenoxy) is 1. The van der Waals surface area contributed by atoms with E-state index in [0.29, 0.717) is 42.7 Å². The number of carbonyl (C=O) groups excluding carboxylic acids is 2. The van der Waals surface area contributed by atoms with E-state index < -0.39 is 0 Å². The van der Waals surface area contributed by atoms with Crippen molar-refractivity contribution in [3.8, 4) is 0 Å². The van der Waals surface area contributed by atoms with Crippen molar-refractivity contribution in [2.45, 2.75) is 25.2 Å². The molecule has 3 aromatic rings. The Kier molecular flexibility index (Phi) is 8.16. The normalized spacial score (nSPS) is 13.5. The second-order valence-corrected chi connectivity index (χ2v) is 8.62. The Bertz CT molecular complexity index is 1110. The number of rotatable bonds is 9. The number of nitrogens with one attached hydrogen (secondary N) is 2. The fraction of sp³-hybridized carbons (Fsp3) is 0.333. The van der Waals surface area contributed by atoms with Gasteiger partial charge in [0.2, 0.25) is 11.9 Å². The first-order valence-corrected chi connectivity index (χ1v) is 12.2. The Morgan fingerprint density at radius 3 is 2.53 bits per heavy atom. The maximum Gasteiger partial charge on any atom is 0.253 e. The molecule has 0 saturated carbocycles. The van der Waals surface area contributed by atoms with Crippen LogP contribution in [0.3, 0.4) is 0 Å². The Morgan fingerprint density at radius 2 is 1.76 bits per heavy atom. The molecule has 0 spiro atoms. The van der Waals surface area contributed by atoms with E-state index in [4.69, 9.17) is 4.74 Å². The Morgan fingerprint density at radius 1 is 1.03 bits per heavy atom. The van der Waals surface area contributed by atoms with Gasteiger partial charge in [-0.1, -0.05) is 54.2 Å². The third-order valence-electron chi connectivity index (χ3n) is 5.38. The third kappa shape index (κ3) is 5.95. The van der Waals surface area contributed by atoms with Gasteiger partial charge in [0.05, 0.1) is 30.2 Å². The number of amides is 2. The highest BCUT2D eigenvalue weighted by atomic mass is 32.2. The molecule has 0 bridgehead atoms. The highest BCUT2D eigenvalue weighted by Gasteiger charge is 2.20. The van der Waals surface area contributed by atoms with Crippen LogP contribution in [0, 0.1) is 0 Å². The van der Waals surface area contributed by atoms with Gasteiger partial charge < -0.3 is 20.3 Å². The van der Waals surface area contributed by atoms with E-state index in [1.165, 1.54) is 11.8 Å². The van der Waals surface area contributed by atoms with Crippen molar-refractivity contribution in [1.82, 2.24) is 20.1 Å². The van der Waals surface area contributed by atoms with E-state index in [9.17, 15) is 9.59 Å². The Labute approximate surface area is 202 Å². The molecule has 0 unspecified atom stereocenters. The predicted octanol–water partition coefficient (Wildman–Crippen LogP) is 2.80. The minimum atomic E-state index is -0.242. The molecule has 10 heteroatoms. The van der Waals surface area contributed by atoms with Crippen LogP contribution in [0.4, 0.5) is 11.6 Å². The maximum atomic E-state index is 12.7. The molecular weight excluding hydrogens is 452 g/mol. The van der Waals surface area contributed by atoms with Gasteiger partial charge in [-0.2, -0.15) is 0 Å². The lowest BCUT2D eigenvalue weighted by molar-refractivity contribution is -0.113. The number of hydrogen-bond acceptors (Lipinski definition) is 7. The maximum absolute atomic E-state index is 12.7. The Hall–Kier alpha value is -3.37. The molecule has 0 aliphatic carbocycles. The summed E-state index contributed by atoms with van der Waals surface area (Å²) in [5.74, 6) is 0.496. The molecule has 2 heterocycles. The van der Waals surface area contributed by atoms with Crippen LogP contribution in [0.2, 0.25) is 0 Å². The number of nitrogens with zero attached hydrogens (tertiary/aromatic N) is 4.